The molecule has 1 aliphatic rings. The van der Waals surface area contributed by atoms with Crippen molar-refractivity contribution < 1.29 is 19.1 Å². The van der Waals surface area contributed by atoms with Crippen LogP contribution in [0.25, 0.3) is 11.4 Å². The molecule has 1 aromatic carbocycles. The molecule has 0 N–H and O–H groups in total. The average molecular weight is 477 g/mol. The Morgan fingerprint density at radius 3 is 2.66 bits per heavy atom. The Morgan fingerprint density at radius 2 is 1.91 bits per heavy atom. The highest BCUT2D eigenvalue weighted by Crippen LogP contribution is 2.31. The number of Topliss-reactive ketones (excluding diaryl/α,β-unsaturated/α-hetero) is 1. The van der Waals surface area contributed by atoms with Crippen molar-refractivity contribution in [1.29, 1.82) is 0 Å². The Kier molecular flexibility index (Phi) is 7.90. The zero-order valence-electron chi connectivity index (χ0n) is 20.6. The van der Waals surface area contributed by atoms with Crippen LogP contribution in [0.15, 0.2) is 42.5 Å². The molecule has 0 spiro atoms. The Hall–Kier alpha value is -3.55. The highest BCUT2D eigenvalue weighted by atomic mass is 16.5. The molecular formula is C27H32N4O4. The monoisotopic (exact) mass is 476 g/mol. The first-order valence-electron chi connectivity index (χ1n) is 12.1. The van der Waals surface area contributed by atoms with Gasteiger partial charge in [0.2, 0.25) is 0 Å². The maximum atomic E-state index is 12.7. The van der Waals surface area contributed by atoms with Crippen LogP contribution in [0.3, 0.4) is 0 Å². The minimum atomic E-state index is -0.169. The molecule has 8 heteroatoms. The third kappa shape index (κ3) is 6.12. The Balaban J connectivity index is 1.43. The topological polar surface area (TPSA) is 96.2 Å². The van der Waals surface area contributed by atoms with E-state index in [1.165, 1.54) is 7.11 Å². The summed E-state index contributed by atoms with van der Waals surface area (Å²) in [5.74, 6) is 0.535. The standard InChI is InChI=1S/C27H32N4O4/c1-18-25(35-22-11-7-10-20(16-22)27(33)34-3)15-14-23(28-18)26-24(31(2)30-29-26)17-21(32)13-12-19-8-5-4-6-9-19/h4-6,8-9,14-15,20,22H,7,10-13,16-17H2,1-3H3/t20-,22-/m0/s1. The molecular weight excluding hydrogens is 444 g/mol. The zero-order valence-corrected chi connectivity index (χ0v) is 20.6. The number of ether oxygens (including phenoxy) is 2. The number of aryl methyl sites for hydroxylation is 3. The second-order valence-electron chi connectivity index (χ2n) is 9.12. The second kappa shape index (κ2) is 11.3. The average Bonchev–Trinajstić information content (AvgIpc) is 3.24. The van der Waals surface area contributed by atoms with Gasteiger partial charge in [-0.1, -0.05) is 35.5 Å². The van der Waals surface area contributed by atoms with Crippen LogP contribution in [-0.2, 0) is 34.2 Å². The second-order valence-corrected chi connectivity index (χ2v) is 9.12. The molecule has 1 fully saturated rings. The molecule has 2 aromatic heterocycles. The van der Waals surface area contributed by atoms with Crippen molar-refractivity contribution in [3.63, 3.8) is 0 Å². The summed E-state index contributed by atoms with van der Waals surface area (Å²) in [6.07, 6.45) is 4.68. The van der Waals surface area contributed by atoms with Crippen LogP contribution in [0.4, 0.5) is 0 Å². The van der Waals surface area contributed by atoms with Gasteiger partial charge in [-0.15, -0.1) is 5.10 Å². The van der Waals surface area contributed by atoms with E-state index in [-0.39, 0.29) is 30.2 Å². The summed E-state index contributed by atoms with van der Waals surface area (Å²) in [4.78, 5) is 29.4. The molecule has 0 aliphatic heterocycles. The van der Waals surface area contributed by atoms with Crippen molar-refractivity contribution in [3.8, 4) is 17.1 Å². The first-order valence-corrected chi connectivity index (χ1v) is 12.1. The lowest BCUT2D eigenvalue weighted by Crippen LogP contribution is -2.30. The summed E-state index contributed by atoms with van der Waals surface area (Å²) in [6, 6.07) is 13.7. The summed E-state index contributed by atoms with van der Waals surface area (Å²) in [7, 11) is 3.22. The van der Waals surface area contributed by atoms with Crippen molar-refractivity contribution >= 4 is 11.8 Å². The van der Waals surface area contributed by atoms with Gasteiger partial charge in [0.1, 0.15) is 17.2 Å². The van der Waals surface area contributed by atoms with E-state index < -0.39 is 0 Å². The molecule has 2 heterocycles. The van der Waals surface area contributed by atoms with Crippen LogP contribution >= 0.6 is 0 Å². The molecule has 2 atom stereocenters. The first-order chi connectivity index (χ1) is 16.9. The maximum absolute atomic E-state index is 12.7. The van der Waals surface area contributed by atoms with Gasteiger partial charge >= 0.3 is 5.97 Å². The molecule has 0 radical (unpaired) electrons. The molecule has 4 rings (SSSR count). The summed E-state index contributed by atoms with van der Waals surface area (Å²) in [5, 5.41) is 8.43. The van der Waals surface area contributed by atoms with Crippen LogP contribution < -0.4 is 4.74 Å². The first kappa shape index (κ1) is 24.6. The molecule has 1 aliphatic carbocycles. The van der Waals surface area contributed by atoms with E-state index in [0.29, 0.717) is 36.4 Å². The quantitative estimate of drug-likeness (QED) is 0.430. The van der Waals surface area contributed by atoms with Crippen LogP contribution in [0.5, 0.6) is 5.75 Å². The van der Waals surface area contributed by atoms with Gasteiger partial charge in [0.05, 0.1) is 42.6 Å². The SMILES string of the molecule is COC(=O)[C@H]1CCC[C@H](Oc2ccc(-c3nnn(C)c3CC(=O)CCc3ccccc3)nc2C)C1. The number of methoxy groups -OCH3 is 1. The van der Waals surface area contributed by atoms with Gasteiger partial charge in [-0.3, -0.25) is 14.3 Å². The lowest BCUT2D eigenvalue weighted by Gasteiger charge is -2.28. The number of nitrogens with zero attached hydrogens (tertiary/aromatic N) is 4. The fraction of sp³-hybridized carbons (Fsp3) is 0.444. The van der Waals surface area contributed by atoms with Crippen molar-refractivity contribution in [2.24, 2.45) is 13.0 Å². The van der Waals surface area contributed by atoms with E-state index in [0.717, 1.165) is 36.2 Å². The predicted octanol–water partition coefficient (Wildman–Crippen LogP) is 4.04. The molecule has 8 nitrogen and oxygen atoms in total. The largest absolute Gasteiger partial charge is 0.489 e. The Labute approximate surface area is 205 Å². The van der Waals surface area contributed by atoms with Gasteiger partial charge in [-0.2, -0.15) is 0 Å². The summed E-state index contributed by atoms with van der Waals surface area (Å²) < 4.78 is 12.8. The Morgan fingerprint density at radius 1 is 1.11 bits per heavy atom. The van der Waals surface area contributed by atoms with Crippen molar-refractivity contribution in [1.82, 2.24) is 20.0 Å². The van der Waals surface area contributed by atoms with E-state index in [1.807, 2.05) is 49.4 Å². The fourth-order valence-corrected chi connectivity index (χ4v) is 4.59. The maximum Gasteiger partial charge on any atom is 0.308 e. The van der Waals surface area contributed by atoms with Crippen molar-refractivity contribution in [3.05, 3.63) is 59.4 Å². The van der Waals surface area contributed by atoms with E-state index in [1.54, 1.807) is 11.7 Å². The minimum Gasteiger partial charge on any atom is -0.489 e. The summed E-state index contributed by atoms with van der Waals surface area (Å²) in [5.41, 5.74) is 3.89. The molecule has 0 unspecified atom stereocenters. The number of carbonyl (C=O) groups is 2. The number of rotatable bonds is 9. The molecule has 1 saturated carbocycles. The van der Waals surface area contributed by atoms with Gasteiger partial charge in [-0.25, -0.2) is 4.98 Å². The van der Waals surface area contributed by atoms with E-state index >= 15 is 0 Å². The lowest BCUT2D eigenvalue weighted by molar-refractivity contribution is -0.147. The van der Waals surface area contributed by atoms with Gasteiger partial charge in [0.15, 0.2) is 0 Å². The fourth-order valence-electron chi connectivity index (χ4n) is 4.59. The number of aromatic nitrogens is 4. The molecule has 3 aromatic rings. The third-order valence-electron chi connectivity index (χ3n) is 6.58. The smallest absolute Gasteiger partial charge is 0.308 e. The molecule has 35 heavy (non-hydrogen) atoms. The molecule has 0 saturated heterocycles. The number of carbonyl (C=O) groups excluding carboxylic acids is 2. The molecule has 184 valence electrons. The molecule has 0 amide bonds. The number of hydrogen-bond donors (Lipinski definition) is 0. The third-order valence-corrected chi connectivity index (χ3v) is 6.58. The van der Waals surface area contributed by atoms with Gasteiger partial charge in [0.25, 0.3) is 0 Å². The van der Waals surface area contributed by atoms with E-state index in [2.05, 4.69) is 10.3 Å². The number of pyridine rings is 1. The van der Waals surface area contributed by atoms with Gasteiger partial charge < -0.3 is 9.47 Å². The number of hydrogen-bond acceptors (Lipinski definition) is 7. The highest BCUT2D eigenvalue weighted by Gasteiger charge is 2.29. The lowest BCUT2D eigenvalue weighted by atomic mass is 9.87. The molecule has 0 bridgehead atoms. The van der Waals surface area contributed by atoms with Crippen LogP contribution in [0.2, 0.25) is 0 Å². The Bertz CT molecular complexity index is 1180. The van der Waals surface area contributed by atoms with Crippen LogP contribution in [0.1, 0.15) is 49.1 Å². The highest BCUT2D eigenvalue weighted by molar-refractivity contribution is 5.82. The number of esters is 1. The predicted molar refractivity (Wildman–Crippen MR) is 131 cm³/mol. The zero-order chi connectivity index (χ0) is 24.8. The van der Waals surface area contributed by atoms with E-state index in [9.17, 15) is 9.59 Å². The van der Waals surface area contributed by atoms with Crippen LogP contribution in [0, 0.1) is 12.8 Å². The minimum absolute atomic E-state index is 0.0477. The van der Waals surface area contributed by atoms with Crippen molar-refractivity contribution in [2.45, 2.75) is 58.0 Å². The van der Waals surface area contributed by atoms with E-state index in [4.69, 9.17) is 14.5 Å². The normalized spacial score (nSPS) is 17.7. The number of ketones is 1. The van der Waals surface area contributed by atoms with Crippen molar-refractivity contribution in [2.75, 3.05) is 7.11 Å². The van der Waals surface area contributed by atoms with Gasteiger partial charge in [0, 0.05) is 13.5 Å². The summed E-state index contributed by atoms with van der Waals surface area (Å²) in [6.45, 7) is 1.89. The van der Waals surface area contributed by atoms with Gasteiger partial charge in [-0.05, 0) is 56.7 Å². The summed E-state index contributed by atoms with van der Waals surface area (Å²) >= 11 is 0. The number of benzene rings is 1. The van der Waals surface area contributed by atoms with Crippen LogP contribution in [-0.4, -0.2) is 44.9 Å².